The van der Waals surface area contributed by atoms with E-state index in [0.29, 0.717) is 18.0 Å². The predicted octanol–water partition coefficient (Wildman–Crippen LogP) is 2.90. The van der Waals surface area contributed by atoms with Crippen molar-refractivity contribution < 1.29 is 18.3 Å². The van der Waals surface area contributed by atoms with Gasteiger partial charge in [-0.05, 0) is 61.9 Å². The van der Waals surface area contributed by atoms with Gasteiger partial charge in [0.2, 0.25) is 0 Å². The second-order valence-electron chi connectivity index (χ2n) is 4.51. The van der Waals surface area contributed by atoms with Crippen LogP contribution in [0.25, 0.3) is 0 Å². The summed E-state index contributed by atoms with van der Waals surface area (Å²) in [6.07, 6.45) is 0. The molecule has 0 aliphatic rings. The topological polar surface area (TPSA) is 75.6 Å². The van der Waals surface area contributed by atoms with Gasteiger partial charge in [-0.2, -0.15) is 0 Å². The van der Waals surface area contributed by atoms with E-state index >= 15 is 0 Å². The number of hydrogen-bond acceptors (Lipinski definition) is 4. The highest BCUT2D eigenvalue weighted by Gasteiger charge is 2.15. The lowest BCUT2D eigenvalue weighted by atomic mass is 10.2. The Morgan fingerprint density at radius 2 is 1.81 bits per heavy atom. The van der Waals surface area contributed by atoms with Crippen LogP contribution in [-0.4, -0.2) is 20.1 Å². The third kappa shape index (κ3) is 3.66. The minimum Gasteiger partial charge on any atom is -0.508 e. The highest BCUT2D eigenvalue weighted by atomic mass is 32.2. The molecule has 2 aromatic rings. The van der Waals surface area contributed by atoms with Crippen LogP contribution in [0.1, 0.15) is 12.5 Å². The van der Waals surface area contributed by atoms with E-state index in [4.69, 9.17) is 4.74 Å². The second kappa shape index (κ2) is 6.05. The molecule has 112 valence electrons. The smallest absolute Gasteiger partial charge is 0.261 e. The third-order valence-electron chi connectivity index (χ3n) is 2.88. The maximum absolute atomic E-state index is 12.3. The van der Waals surface area contributed by atoms with E-state index in [1.165, 1.54) is 30.3 Å². The van der Waals surface area contributed by atoms with Crippen LogP contribution >= 0.6 is 0 Å². The fraction of sp³-hybridized carbons (Fsp3) is 0.200. The number of hydrogen-bond donors (Lipinski definition) is 2. The summed E-state index contributed by atoms with van der Waals surface area (Å²) in [5.41, 5.74) is 1.14. The number of aryl methyl sites for hydroxylation is 1. The SMILES string of the molecule is CCOc1ccc(S(=O)(=O)Nc2ccc(O)cc2)cc1C. The van der Waals surface area contributed by atoms with Gasteiger partial charge in [-0.3, -0.25) is 4.72 Å². The average Bonchev–Trinajstić information content (AvgIpc) is 2.43. The predicted molar refractivity (Wildman–Crippen MR) is 81.3 cm³/mol. The molecule has 6 heteroatoms. The summed E-state index contributed by atoms with van der Waals surface area (Å²) < 4.78 is 32.4. The van der Waals surface area contributed by atoms with Gasteiger partial charge >= 0.3 is 0 Å². The summed E-state index contributed by atoms with van der Waals surface area (Å²) in [6, 6.07) is 10.5. The highest BCUT2D eigenvalue weighted by molar-refractivity contribution is 7.92. The van der Waals surface area contributed by atoms with Crippen molar-refractivity contribution in [1.29, 1.82) is 0 Å². The molecule has 2 N–H and O–H groups in total. The van der Waals surface area contributed by atoms with Crippen LogP contribution in [0.3, 0.4) is 0 Å². The van der Waals surface area contributed by atoms with Gasteiger partial charge in [-0.1, -0.05) is 0 Å². The Morgan fingerprint density at radius 1 is 1.14 bits per heavy atom. The zero-order chi connectivity index (χ0) is 15.5. The van der Waals surface area contributed by atoms with Gasteiger partial charge in [-0.15, -0.1) is 0 Å². The van der Waals surface area contributed by atoms with Gasteiger partial charge in [-0.25, -0.2) is 8.42 Å². The van der Waals surface area contributed by atoms with Gasteiger partial charge in [0.15, 0.2) is 0 Å². The number of anilines is 1. The number of ether oxygens (including phenoxy) is 1. The summed E-state index contributed by atoms with van der Waals surface area (Å²) in [4.78, 5) is 0.163. The lowest BCUT2D eigenvalue weighted by Crippen LogP contribution is -2.13. The molecule has 0 saturated heterocycles. The molecule has 0 heterocycles. The Hall–Kier alpha value is -2.21. The molecule has 0 aliphatic carbocycles. The summed E-state index contributed by atoms with van der Waals surface area (Å²) in [7, 11) is -3.67. The van der Waals surface area contributed by atoms with Gasteiger partial charge < -0.3 is 9.84 Å². The van der Waals surface area contributed by atoms with Crippen LogP contribution in [0.5, 0.6) is 11.5 Å². The summed E-state index contributed by atoms with van der Waals surface area (Å²) in [5.74, 6) is 0.746. The Kier molecular flexibility index (Phi) is 4.37. The molecule has 5 nitrogen and oxygen atoms in total. The quantitative estimate of drug-likeness (QED) is 0.833. The number of phenolic OH excluding ortho intramolecular Hbond substituents is 1. The fourth-order valence-electron chi connectivity index (χ4n) is 1.85. The van der Waals surface area contributed by atoms with Gasteiger partial charge in [0, 0.05) is 5.69 Å². The van der Waals surface area contributed by atoms with Gasteiger partial charge in [0.05, 0.1) is 11.5 Å². The van der Waals surface area contributed by atoms with Crippen LogP contribution in [0.15, 0.2) is 47.4 Å². The number of aromatic hydroxyl groups is 1. The van der Waals surface area contributed by atoms with Crippen molar-refractivity contribution in [2.45, 2.75) is 18.7 Å². The number of benzene rings is 2. The lowest BCUT2D eigenvalue weighted by molar-refractivity contribution is 0.337. The van der Waals surface area contributed by atoms with Crippen molar-refractivity contribution in [2.24, 2.45) is 0 Å². The van der Waals surface area contributed by atoms with Crippen LogP contribution < -0.4 is 9.46 Å². The van der Waals surface area contributed by atoms with Crippen molar-refractivity contribution in [3.63, 3.8) is 0 Å². The molecule has 0 saturated carbocycles. The molecule has 0 spiro atoms. The maximum atomic E-state index is 12.3. The first-order valence-corrected chi connectivity index (χ1v) is 7.96. The zero-order valence-electron chi connectivity index (χ0n) is 11.8. The van der Waals surface area contributed by atoms with E-state index < -0.39 is 10.0 Å². The van der Waals surface area contributed by atoms with Gasteiger partial charge in [0.1, 0.15) is 11.5 Å². The molecule has 0 aliphatic heterocycles. The van der Waals surface area contributed by atoms with E-state index in [9.17, 15) is 13.5 Å². The molecular weight excluding hydrogens is 290 g/mol. The standard InChI is InChI=1S/C15H17NO4S/c1-3-20-15-9-8-14(10-11(15)2)21(18,19)16-12-4-6-13(17)7-5-12/h4-10,16-17H,3H2,1-2H3. The van der Waals surface area contributed by atoms with E-state index in [1.54, 1.807) is 19.1 Å². The van der Waals surface area contributed by atoms with E-state index in [0.717, 1.165) is 5.56 Å². The Balaban J connectivity index is 2.27. The number of phenols is 1. The molecule has 0 atom stereocenters. The van der Waals surface area contributed by atoms with Crippen LogP contribution in [-0.2, 0) is 10.0 Å². The minimum absolute atomic E-state index is 0.0786. The zero-order valence-corrected chi connectivity index (χ0v) is 12.6. The Morgan fingerprint density at radius 3 is 2.38 bits per heavy atom. The number of nitrogens with one attached hydrogen (secondary N) is 1. The van der Waals surface area contributed by atoms with E-state index in [2.05, 4.69) is 4.72 Å². The largest absolute Gasteiger partial charge is 0.508 e. The van der Waals surface area contributed by atoms with Crippen molar-refractivity contribution in [2.75, 3.05) is 11.3 Å². The third-order valence-corrected chi connectivity index (χ3v) is 4.26. The van der Waals surface area contributed by atoms with Crippen molar-refractivity contribution in [3.8, 4) is 11.5 Å². The Labute approximate surface area is 124 Å². The first-order chi connectivity index (χ1) is 9.92. The normalized spacial score (nSPS) is 11.1. The molecule has 0 amide bonds. The second-order valence-corrected chi connectivity index (χ2v) is 6.20. The lowest BCUT2D eigenvalue weighted by Gasteiger charge is -2.11. The summed E-state index contributed by atoms with van der Waals surface area (Å²) in [6.45, 7) is 4.19. The van der Waals surface area contributed by atoms with Crippen molar-refractivity contribution in [1.82, 2.24) is 0 Å². The van der Waals surface area contributed by atoms with Gasteiger partial charge in [0.25, 0.3) is 10.0 Å². The monoisotopic (exact) mass is 307 g/mol. The molecule has 2 rings (SSSR count). The van der Waals surface area contributed by atoms with Crippen molar-refractivity contribution in [3.05, 3.63) is 48.0 Å². The number of sulfonamides is 1. The molecule has 21 heavy (non-hydrogen) atoms. The van der Waals surface area contributed by atoms with Crippen LogP contribution in [0.4, 0.5) is 5.69 Å². The molecular formula is C15H17NO4S. The minimum atomic E-state index is -3.67. The highest BCUT2D eigenvalue weighted by Crippen LogP contribution is 2.24. The summed E-state index contributed by atoms with van der Waals surface area (Å²) >= 11 is 0. The van der Waals surface area contributed by atoms with Crippen molar-refractivity contribution >= 4 is 15.7 Å². The molecule has 0 radical (unpaired) electrons. The molecule has 0 bridgehead atoms. The molecule has 0 fully saturated rings. The average molecular weight is 307 g/mol. The molecule has 0 unspecified atom stereocenters. The molecule has 0 aromatic heterocycles. The van der Waals surface area contributed by atoms with E-state index in [-0.39, 0.29) is 10.6 Å². The molecule has 2 aromatic carbocycles. The first-order valence-electron chi connectivity index (χ1n) is 6.47. The fourth-order valence-corrected chi connectivity index (χ4v) is 2.99. The van der Waals surface area contributed by atoms with Crippen LogP contribution in [0.2, 0.25) is 0 Å². The Bertz CT molecular complexity index is 724. The summed E-state index contributed by atoms with van der Waals surface area (Å²) in [5, 5.41) is 9.20. The van der Waals surface area contributed by atoms with Crippen LogP contribution in [0, 0.1) is 6.92 Å². The van der Waals surface area contributed by atoms with E-state index in [1.807, 2.05) is 6.92 Å². The number of rotatable bonds is 5. The maximum Gasteiger partial charge on any atom is 0.261 e. The first kappa shape index (κ1) is 15.2.